The number of carbonyl (C=O) groups is 1. The molecule has 0 saturated heterocycles. The van der Waals surface area contributed by atoms with Gasteiger partial charge in [-0.05, 0) is 35.7 Å². The number of hydrogen-bond donors (Lipinski definition) is 0. The molecule has 2 aromatic carbocycles. The highest BCUT2D eigenvalue weighted by Crippen LogP contribution is 2.40. The van der Waals surface area contributed by atoms with Gasteiger partial charge in [-0.15, -0.1) is 11.3 Å². The molecule has 2 aromatic heterocycles. The Kier molecular flexibility index (Phi) is 3.81. The van der Waals surface area contributed by atoms with Crippen molar-refractivity contribution in [2.24, 2.45) is 0 Å². The second kappa shape index (κ2) is 6.26. The third-order valence-corrected chi connectivity index (χ3v) is 4.83. The number of anilines is 3. The van der Waals surface area contributed by atoms with Gasteiger partial charge in [0.05, 0.1) is 10.6 Å². The van der Waals surface area contributed by atoms with Crippen LogP contribution in [0.1, 0.15) is 9.67 Å². The number of pyridine rings is 1. The van der Waals surface area contributed by atoms with Crippen molar-refractivity contribution in [2.75, 3.05) is 4.90 Å². The number of rotatable bonds is 4. The molecule has 0 aliphatic carbocycles. The molecule has 0 aliphatic heterocycles. The summed E-state index contributed by atoms with van der Waals surface area (Å²) in [5.41, 5.74) is 1.05. The third-order valence-electron chi connectivity index (χ3n) is 3.84. The van der Waals surface area contributed by atoms with Gasteiger partial charge in [0.15, 0.2) is 6.29 Å². The van der Waals surface area contributed by atoms with Crippen molar-refractivity contribution in [2.45, 2.75) is 0 Å². The first-order chi connectivity index (χ1) is 11.9. The van der Waals surface area contributed by atoms with Crippen LogP contribution in [-0.2, 0) is 0 Å². The molecule has 2 heterocycles. The summed E-state index contributed by atoms with van der Waals surface area (Å²) in [7, 11) is 0. The predicted octanol–water partition coefficient (Wildman–Crippen LogP) is 5.58. The first-order valence-corrected chi connectivity index (χ1v) is 8.42. The summed E-state index contributed by atoms with van der Waals surface area (Å²) < 4.78 is 0. The van der Waals surface area contributed by atoms with Gasteiger partial charge in [-0.1, -0.05) is 42.5 Å². The number of carbonyl (C=O) groups excluding carboxylic acids is 1. The molecule has 4 rings (SSSR count). The molecule has 24 heavy (non-hydrogen) atoms. The van der Waals surface area contributed by atoms with E-state index in [-0.39, 0.29) is 0 Å². The third kappa shape index (κ3) is 2.57. The van der Waals surface area contributed by atoms with Crippen LogP contribution in [0.5, 0.6) is 0 Å². The van der Waals surface area contributed by atoms with E-state index in [1.165, 1.54) is 16.7 Å². The summed E-state index contributed by atoms with van der Waals surface area (Å²) in [6.45, 7) is 0. The summed E-state index contributed by atoms with van der Waals surface area (Å²) >= 11 is 1.46. The number of hydrogen-bond acceptors (Lipinski definition) is 4. The maximum Gasteiger partial charge on any atom is 0.160 e. The highest BCUT2D eigenvalue weighted by atomic mass is 32.1. The zero-order valence-corrected chi connectivity index (χ0v) is 13.6. The van der Waals surface area contributed by atoms with E-state index in [1.54, 1.807) is 6.20 Å². The molecular formula is C20H14N2OS. The van der Waals surface area contributed by atoms with Crippen LogP contribution in [0.4, 0.5) is 16.5 Å². The lowest BCUT2D eigenvalue weighted by atomic mass is 10.1. The van der Waals surface area contributed by atoms with Gasteiger partial charge in [-0.3, -0.25) is 9.69 Å². The fraction of sp³-hybridized carbons (Fsp3) is 0. The molecule has 0 aliphatic rings. The van der Waals surface area contributed by atoms with Crippen molar-refractivity contribution in [3.63, 3.8) is 0 Å². The maximum atomic E-state index is 11.1. The van der Waals surface area contributed by atoms with Gasteiger partial charge in [0.2, 0.25) is 0 Å². The quantitative estimate of drug-likeness (QED) is 0.458. The van der Waals surface area contributed by atoms with E-state index in [1.807, 2.05) is 48.5 Å². The van der Waals surface area contributed by atoms with Crippen LogP contribution in [0.15, 0.2) is 79.0 Å². The largest absolute Gasteiger partial charge is 0.297 e. The highest BCUT2D eigenvalue weighted by Gasteiger charge is 2.17. The summed E-state index contributed by atoms with van der Waals surface area (Å²) in [6.07, 6.45) is 2.66. The van der Waals surface area contributed by atoms with Crippen LogP contribution in [0, 0.1) is 0 Å². The fourth-order valence-electron chi connectivity index (χ4n) is 2.77. The molecule has 0 radical (unpaired) electrons. The Morgan fingerprint density at radius 3 is 2.50 bits per heavy atom. The molecule has 0 amide bonds. The van der Waals surface area contributed by atoms with Crippen LogP contribution >= 0.6 is 11.3 Å². The Labute approximate surface area is 143 Å². The van der Waals surface area contributed by atoms with E-state index in [4.69, 9.17) is 0 Å². The van der Waals surface area contributed by atoms with Gasteiger partial charge in [0.25, 0.3) is 0 Å². The monoisotopic (exact) mass is 330 g/mol. The van der Waals surface area contributed by atoms with Gasteiger partial charge >= 0.3 is 0 Å². The Balaban J connectivity index is 1.97. The normalized spacial score (nSPS) is 10.7. The average Bonchev–Trinajstić information content (AvgIpc) is 3.12. The number of benzene rings is 2. The minimum atomic E-state index is 0.700. The number of thiophene rings is 1. The van der Waals surface area contributed by atoms with Crippen molar-refractivity contribution in [1.82, 2.24) is 4.98 Å². The zero-order chi connectivity index (χ0) is 16.4. The highest BCUT2D eigenvalue weighted by molar-refractivity contribution is 7.17. The van der Waals surface area contributed by atoms with Crippen molar-refractivity contribution in [1.29, 1.82) is 0 Å². The molecular weight excluding hydrogens is 316 g/mol. The Bertz CT molecular complexity index is 989. The smallest absolute Gasteiger partial charge is 0.160 e. The van der Waals surface area contributed by atoms with Crippen molar-refractivity contribution in [3.8, 4) is 0 Å². The second-order valence-corrected chi connectivity index (χ2v) is 6.41. The Hall–Kier alpha value is -2.98. The van der Waals surface area contributed by atoms with Crippen LogP contribution in [0.2, 0.25) is 0 Å². The van der Waals surface area contributed by atoms with E-state index in [0.717, 1.165) is 28.2 Å². The number of fused-ring (bicyclic) bond motifs is 1. The molecule has 0 atom stereocenters. The van der Waals surface area contributed by atoms with E-state index in [2.05, 4.69) is 34.1 Å². The van der Waals surface area contributed by atoms with Crippen LogP contribution in [0.3, 0.4) is 0 Å². The average molecular weight is 330 g/mol. The number of aldehydes is 1. The molecule has 0 unspecified atom stereocenters. The molecule has 116 valence electrons. The number of nitrogens with zero attached hydrogens (tertiary/aromatic N) is 2. The molecule has 0 fully saturated rings. The van der Waals surface area contributed by atoms with Crippen molar-refractivity contribution >= 4 is 44.9 Å². The number of aromatic nitrogens is 1. The van der Waals surface area contributed by atoms with E-state index in [9.17, 15) is 4.79 Å². The first kappa shape index (κ1) is 14.6. The second-order valence-electron chi connectivity index (χ2n) is 5.32. The molecule has 0 bridgehead atoms. The standard InChI is InChI=1S/C20H14N2OS/c23-14-16-11-12-20(24-16)22(19-10-3-4-13-21-19)18-9-5-7-15-6-1-2-8-17(15)18/h1-14H. The summed E-state index contributed by atoms with van der Waals surface area (Å²) in [6, 6.07) is 24.1. The lowest BCUT2D eigenvalue weighted by Crippen LogP contribution is -2.10. The molecule has 4 aromatic rings. The molecule has 0 N–H and O–H groups in total. The van der Waals surface area contributed by atoms with Gasteiger partial charge < -0.3 is 0 Å². The van der Waals surface area contributed by atoms with Gasteiger partial charge in [-0.2, -0.15) is 0 Å². The van der Waals surface area contributed by atoms with E-state index >= 15 is 0 Å². The summed E-state index contributed by atoms with van der Waals surface area (Å²) in [5.74, 6) is 0.827. The van der Waals surface area contributed by atoms with E-state index < -0.39 is 0 Å². The first-order valence-electron chi connectivity index (χ1n) is 7.61. The van der Waals surface area contributed by atoms with Gasteiger partial charge in [0.1, 0.15) is 10.8 Å². The van der Waals surface area contributed by atoms with Crippen LogP contribution in [0.25, 0.3) is 10.8 Å². The van der Waals surface area contributed by atoms with Crippen LogP contribution in [-0.4, -0.2) is 11.3 Å². The molecule has 0 saturated carbocycles. The van der Waals surface area contributed by atoms with E-state index in [0.29, 0.717) is 4.88 Å². The molecule has 3 nitrogen and oxygen atoms in total. The van der Waals surface area contributed by atoms with Crippen LogP contribution < -0.4 is 4.90 Å². The van der Waals surface area contributed by atoms with Crippen molar-refractivity contribution < 1.29 is 4.79 Å². The van der Waals surface area contributed by atoms with Crippen molar-refractivity contribution in [3.05, 3.63) is 83.9 Å². The summed E-state index contributed by atoms with van der Waals surface area (Å²) in [4.78, 5) is 18.4. The summed E-state index contributed by atoms with van der Waals surface area (Å²) in [5, 5.41) is 3.28. The predicted molar refractivity (Wildman–Crippen MR) is 99.7 cm³/mol. The minimum absolute atomic E-state index is 0.700. The lowest BCUT2D eigenvalue weighted by molar-refractivity contribution is 0.112. The van der Waals surface area contributed by atoms with Gasteiger partial charge in [-0.25, -0.2) is 4.98 Å². The van der Waals surface area contributed by atoms with Gasteiger partial charge in [0, 0.05) is 11.6 Å². The molecule has 0 spiro atoms. The Morgan fingerprint density at radius 2 is 1.71 bits per heavy atom. The molecule has 4 heteroatoms. The lowest BCUT2D eigenvalue weighted by Gasteiger charge is -2.23. The topological polar surface area (TPSA) is 33.2 Å². The zero-order valence-electron chi connectivity index (χ0n) is 12.8. The Morgan fingerprint density at radius 1 is 0.875 bits per heavy atom. The maximum absolute atomic E-state index is 11.1. The minimum Gasteiger partial charge on any atom is -0.297 e. The SMILES string of the molecule is O=Cc1ccc(N(c2ccccn2)c2cccc3ccccc23)s1. The fourth-order valence-corrected chi connectivity index (χ4v) is 3.62.